The Hall–Kier alpha value is -2.00. The number of aliphatic hydroxyl groups is 1. The van der Waals surface area contributed by atoms with Crippen LogP contribution in [-0.4, -0.2) is 80.8 Å². The molecule has 2 fully saturated rings. The van der Waals surface area contributed by atoms with E-state index >= 15 is 0 Å². The number of aliphatic hydroxyl groups excluding tert-OH is 1. The highest BCUT2D eigenvalue weighted by molar-refractivity contribution is 7.99. The molecule has 0 bridgehead atoms. The van der Waals surface area contributed by atoms with Gasteiger partial charge in [-0.2, -0.15) is 11.8 Å². The van der Waals surface area contributed by atoms with E-state index in [9.17, 15) is 24.6 Å². The number of β-lactam (4-membered cyclic amide) rings is 1. The quantitative estimate of drug-likeness (QED) is 0.532. The molecule has 0 spiro atoms. The number of carboxylic acids is 1. The Morgan fingerprint density at radius 3 is 2.85 bits per heavy atom. The Balaban J connectivity index is 1.90. The molecule has 0 saturated carbocycles. The van der Waals surface area contributed by atoms with E-state index in [0.29, 0.717) is 24.3 Å². The van der Waals surface area contributed by atoms with Crippen molar-refractivity contribution in [3.8, 4) is 0 Å². The van der Waals surface area contributed by atoms with Gasteiger partial charge >= 0.3 is 12.1 Å². The summed E-state index contributed by atoms with van der Waals surface area (Å²) in [5.41, 5.74) is 0.507. The van der Waals surface area contributed by atoms with E-state index in [1.807, 2.05) is 0 Å². The molecule has 4 atom stereocenters. The van der Waals surface area contributed by atoms with E-state index in [1.54, 1.807) is 11.8 Å². The lowest BCUT2D eigenvalue weighted by Gasteiger charge is -2.44. The van der Waals surface area contributed by atoms with Gasteiger partial charge in [-0.25, -0.2) is 9.59 Å². The number of carboxylic acid groups (broad SMARTS) is 1. The zero-order valence-corrected chi connectivity index (χ0v) is 15.3. The second-order valence-electron chi connectivity index (χ2n) is 6.57. The third-order valence-corrected chi connectivity index (χ3v) is 6.08. The normalized spacial score (nSPS) is 29.2. The van der Waals surface area contributed by atoms with Crippen LogP contribution in [0.4, 0.5) is 4.79 Å². The minimum absolute atomic E-state index is 0.0501. The first-order chi connectivity index (χ1) is 12.4. The summed E-state index contributed by atoms with van der Waals surface area (Å²) < 4.78 is 5.14. The van der Waals surface area contributed by atoms with Crippen molar-refractivity contribution in [1.29, 1.82) is 0 Å². The fraction of sp³-hybridized carbons (Fsp3) is 0.588. The fourth-order valence-electron chi connectivity index (χ4n) is 3.92. The number of carbonyl (C=O) groups is 3. The zero-order valence-electron chi connectivity index (χ0n) is 14.5. The van der Waals surface area contributed by atoms with Crippen molar-refractivity contribution in [2.24, 2.45) is 5.92 Å². The molecule has 26 heavy (non-hydrogen) atoms. The number of hydrogen-bond acceptors (Lipinski definition) is 6. The first-order valence-electron chi connectivity index (χ1n) is 8.48. The van der Waals surface area contributed by atoms with E-state index in [2.05, 4.69) is 6.58 Å². The van der Waals surface area contributed by atoms with E-state index in [0.717, 1.165) is 5.75 Å². The highest BCUT2D eigenvalue weighted by atomic mass is 32.2. The molecule has 0 aliphatic carbocycles. The summed E-state index contributed by atoms with van der Waals surface area (Å²) in [6.07, 6.45) is 0.466. The van der Waals surface area contributed by atoms with Crippen molar-refractivity contribution in [2.45, 2.75) is 31.5 Å². The molecule has 9 heteroatoms. The van der Waals surface area contributed by atoms with Gasteiger partial charge in [0.1, 0.15) is 12.3 Å². The molecule has 2 N–H and O–H groups in total. The van der Waals surface area contributed by atoms with Gasteiger partial charge in [0.05, 0.1) is 24.1 Å². The molecule has 3 heterocycles. The lowest BCUT2D eigenvalue weighted by atomic mass is 9.82. The van der Waals surface area contributed by atoms with Crippen LogP contribution in [0.5, 0.6) is 0 Å². The second-order valence-corrected chi connectivity index (χ2v) is 7.72. The lowest BCUT2D eigenvalue weighted by Crippen LogP contribution is -2.61. The number of ether oxygens (including phenoxy) is 1. The molecule has 0 radical (unpaired) electrons. The number of carbonyl (C=O) groups excluding carboxylic acids is 2. The smallest absolute Gasteiger partial charge is 0.410 e. The van der Waals surface area contributed by atoms with Crippen LogP contribution in [0.25, 0.3) is 0 Å². The molecule has 0 aromatic carbocycles. The summed E-state index contributed by atoms with van der Waals surface area (Å²) in [5.74, 6) is -0.878. The highest BCUT2D eigenvalue weighted by Gasteiger charge is 2.58. The van der Waals surface area contributed by atoms with E-state index in [1.165, 1.54) is 22.8 Å². The average molecular weight is 382 g/mol. The van der Waals surface area contributed by atoms with Crippen molar-refractivity contribution < 1.29 is 29.3 Å². The molecular weight excluding hydrogens is 360 g/mol. The predicted molar refractivity (Wildman–Crippen MR) is 94.4 cm³/mol. The van der Waals surface area contributed by atoms with Gasteiger partial charge in [0.15, 0.2) is 0 Å². The highest BCUT2D eigenvalue weighted by Crippen LogP contribution is 2.46. The van der Waals surface area contributed by atoms with Crippen LogP contribution in [0.15, 0.2) is 23.9 Å². The van der Waals surface area contributed by atoms with Crippen molar-refractivity contribution >= 4 is 29.7 Å². The van der Waals surface area contributed by atoms with Crippen LogP contribution in [-0.2, 0) is 14.3 Å². The van der Waals surface area contributed by atoms with E-state index in [-0.39, 0.29) is 24.3 Å². The summed E-state index contributed by atoms with van der Waals surface area (Å²) in [6.45, 7) is 5.58. The van der Waals surface area contributed by atoms with Crippen molar-refractivity contribution in [3.05, 3.63) is 23.9 Å². The fourth-order valence-corrected chi connectivity index (χ4v) is 5.02. The third kappa shape index (κ3) is 2.99. The summed E-state index contributed by atoms with van der Waals surface area (Å²) in [7, 11) is 0. The number of thioether (sulfide) groups is 1. The summed E-state index contributed by atoms with van der Waals surface area (Å²) in [5, 5.41) is 19.5. The van der Waals surface area contributed by atoms with E-state index in [4.69, 9.17) is 4.74 Å². The monoisotopic (exact) mass is 382 g/mol. The molecule has 3 aliphatic rings. The number of hydrogen-bond donors (Lipinski definition) is 2. The standard InChI is InChI=1S/C17H22N2O6S/c1-3-5-25-17(24)18-4-6-26-8-12(18)10-7-11-13(9(2)20)15(21)19(11)14(10)16(22)23/h3,9,11-13,20H,1,4-8H2,2H3,(H,22,23)/t9-,11-,12?,13-/m1/s1. The van der Waals surface area contributed by atoms with Crippen molar-refractivity contribution in [1.82, 2.24) is 9.80 Å². The maximum Gasteiger partial charge on any atom is 0.410 e. The van der Waals surface area contributed by atoms with Crippen molar-refractivity contribution in [2.75, 3.05) is 24.7 Å². The van der Waals surface area contributed by atoms with Gasteiger partial charge in [0.2, 0.25) is 5.91 Å². The number of fused-ring (bicyclic) bond motifs is 1. The number of rotatable bonds is 5. The Kier molecular flexibility index (Phi) is 5.29. The van der Waals surface area contributed by atoms with Crippen LogP contribution < -0.4 is 0 Å². The molecule has 0 aromatic heterocycles. The zero-order chi connectivity index (χ0) is 19.0. The maximum absolute atomic E-state index is 12.4. The molecule has 3 rings (SSSR count). The first-order valence-corrected chi connectivity index (χ1v) is 9.63. The van der Waals surface area contributed by atoms with Gasteiger partial charge in [-0.05, 0) is 18.9 Å². The van der Waals surface area contributed by atoms with Crippen LogP contribution >= 0.6 is 11.8 Å². The minimum atomic E-state index is -1.19. The Morgan fingerprint density at radius 1 is 1.50 bits per heavy atom. The SMILES string of the molecule is C=CCOC(=O)N1CCSCC1C1=C(C(=O)O)N2C(=O)[C@H]([C@@H](C)O)[C@H]2C1. The largest absolute Gasteiger partial charge is 0.477 e. The molecule has 3 aliphatic heterocycles. The van der Waals surface area contributed by atoms with Gasteiger partial charge in [0.25, 0.3) is 0 Å². The van der Waals surface area contributed by atoms with Gasteiger partial charge in [-0.3, -0.25) is 9.69 Å². The van der Waals surface area contributed by atoms with Gasteiger partial charge in [-0.1, -0.05) is 12.7 Å². The number of amides is 2. The lowest BCUT2D eigenvalue weighted by molar-refractivity contribution is -0.161. The van der Waals surface area contributed by atoms with Gasteiger partial charge in [-0.15, -0.1) is 0 Å². The Labute approximate surface area is 155 Å². The Morgan fingerprint density at radius 2 is 2.23 bits per heavy atom. The second kappa shape index (κ2) is 7.32. The van der Waals surface area contributed by atoms with Crippen LogP contribution in [0.1, 0.15) is 13.3 Å². The molecule has 2 saturated heterocycles. The maximum atomic E-state index is 12.4. The minimum Gasteiger partial charge on any atom is -0.477 e. The first kappa shape index (κ1) is 18.8. The molecule has 2 amide bonds. The summed E-state index contributed by atoms with van der Waals surface area (Å²) in [6, 6.07) is -0.799. The molecule has 0 aromatic rings. The summed E-state index contributed by atoms with van der Waals surface area (Å²) in [4.78, 5) is 39.3. The molecule has 8 nitrogen and oxygen atoms in total. The topological polar surface area (TPSA) is 107 Å². The average Bonchev–Trinajstić information content (AvgIpc) is 2.94. The molecular formula is C17H22N2O6S. The van der Waals surface area contributed by atoms with Crippen molar-refractivity contribution in [3.63, 3.8) is 0 Å². The van der Waals surface area contributed by atoms with Gasteiger partial charge < -0.3 is 19.8 Å². The van der Waals surface area contributed by atoms with Crippen LogP contribution in [0, 0.1) is 5.92 Å². The predicted octanol–water partition coefficient (Wildman–Crippen LogP) is 0.677. The third-order valence-electron chi connectivity index (χ3n) is 5.06. The summed E-state index contributed by atoms with van der Waals surface area (Å²) >= 11 is 1.63. The Bertz CT molecular complexity index is 676. The van der Waals surface area contributed by atoms with Crippen LogP contribution in [0.2, 0.25) is 0 Å². The molecule has 142 valence electrons. The van der Waals surface area contributed by atoms with E-state index < -0.39 is 30.1 Å². The number of aliphatic carboxylic acids is 1. The van der Waals surface area contributed by atoms with Gasteiger partial charge in [0, 0.05) is 18.1 Å². The number of nitrogens with zero attached hydrogens (tertiary/aromatic N) is 2. The van der Waals surface area contributed by atoms with Crippen LogP contribution in [0.3, 0.4) is 0 Å². The molecule has 1 unspecified atom stereocenters.